The Labute approximate surface area is 197 Å². The van der Waals surface area contributed by atoms with Gasteiger partial charge in [0.2, 0.25) is 0 Å². The van der Waals surface area contributed by atoms with Gasteiger partial charge in [0.05, 0.1) is 13.2 Å². The fraction of sp³-hybridized carbons (Fsp3) is 1.00. The molecule has 2 rings (SSSR count). The normalized spacial score (nSPS) is 36.9. The van der Waals surface area contributed by atoms with Crippen LogP contribution >= 0.6 is 0 Å². The van der Waals surface area contributed by atoms with Crippen molar-refractivity contribution in [2.24, 2.45) is 0 Å². The Morgan fingerprint density at radius 1 is 0.857 bits per heavy atom. The lowest BCUT2D eigenvalue weighted by Crippen LogP contribution is -2.64. The first kappa shape index (κ1) is 30.5. The highest BCUT2D eigenvalue weighted by Crippen LogP contribution is 2.34. The summed E-state index contributed by atoms with van der Waals surface area (Å²) in [5, 5.41) is 46.8. The Hall–Kier alpha value is -0.710. The van der Waals surface area contributed by atoms with Crippen molar-refractivity contribution in [3.63, 3.8) is 0 Å². The van der Waals surface area contributed by atoms with E-state index in [9.17, 15) is 45.7 Å². The third-order valence-electron chi connectivity index (χ3n) is 4.66. The molecule has 0 aromatic heterocycles. The van der Waals surface area contributed by atoms with Gasteiger partial charge in [0.15, 0.2) is 17.8 Å². The number of aliphatic hydroxyl groups is 3. The van der Waals surface area contributed by atoms with Gasteiger partial charge in [-0.1, -0.05) is 0 Å². The largest absolute Gasteiger partial charge is 0.834 e. The Morgan fingerprint density at radius 3 is 1.97 bits per heavy atom. The molecule has 0 saturated carbocycles. The van der Waals surface area contributed by atoms with Gasteiger partial charge in [-0.25, -0.2) is 13.6 Å². The molecule has 9 atom stereocenters. The number of aliphatic hydroxyl groups excluding tert-OH is 3. The van der Waals surface area contributed by atoms with Crippen LogP contribution in [0.1, 0.15) is 0 Å². The van der Waals surface area contributed by atoms with Crippen molar-refractivity contribution in [1.82, 2.24) is 0 Å². The molecule has 0 aromatic rings. The van der Waals surface area contributed by atoms with Crippen molar-refractivity contribution < 1.29 is 91.7 Å². The molecule has 2 saturated heterocycles. The van der Waals surface area contributed by atoms with E-state index in [1.807, 2.05) is 0 Å². The molecule has 9 unspecified atom stereocenters. The molecule has 0 aliphatic carbocycles. The Balaban J connectivity index is 2.48. The van der Waals surface area contributed by atoms with E-state index in [1.54, 1.807) is 0 Å². The van der Waals surface area contributed by atoms with E-state index in [1.165, 1.54) is 0 Å². The molecule has 2 fully saturated rings. The summed E-state index contributed by atoms with van der Waals surface area (Å²) in [6, 6.07) is 0. The monoisotopic (exact) mass is 581 g/mol. The van der Waals surface area contributed by atoms with Gasteiger partial charge in [-0.15, -0.1) is 4.33 Å². The van der Waals surface area contributed by atoms with Gasteiger partial charge in [0.25, 0.3) is 0 Å². The molecule has 2 aliphatic rings. The van der Waals surface area contributed by atoms with Crippen molar-refractivity contribution in [2.75, 3.05) is 20.0 Å². The first-order chi connectivity index (χ1) is 16.0. The minimum Gasteiger partial charge on any atom is -0.834 e. The van der Waals surface area contributed by atoms with Crippen molar-refractivity contribution in [3.05, 3.63) is 0 Å². The lowest BCUT2D eigenvalue weighted by Gasteiger charge is -2.43. The summed E-state index contributed by atoms with van der Waals surface area (Å²) < 4.78 is 118. The summed E-state index contributed by atoms with van der Waals surface area (Å²) in [4.78, 5) is 0. The Bertz CT molecular complexity index is 1010. The maximum Gasteiger partial charge on any atom is 0.397 e. The van der Waals surface area contributed by atoms with Crippen LogP contribution in [0.4, 0.5) is 0 Å². The average Bonchev–Trinajstić information content (AvgIpc) is 3.03. The van der Waals surface area contributed by atoms with Gasteiger partial charge in [0, 0.05) is 0 Å². The van der Waals surface area contributed by atoms with E-state index in [4.69, 9.17) is 28.6 Å². The van der Waals surface area contributed by atoms with Crippen LogP contribution in [-0.4, -0.2) is 129 Å². The Morgan fingerprint density at radius 2 is 1.49 bits per heavy atom. The minimum absolute atomic E-state index is 0.897. The fourth-order valence-electron chi connectivity index (χ4n) is 3.29. The molecule has 6 N–H and O–H groups in total. The Kier molecular flexibility index (Phi) is 10.3. The lowest BCUT2D eigenvalue weighted by atomic mass is 10.1. The zero-order chi connectivity index (χ0) is 26.8. The third kappa shape index (κ3) is 7.89. The predicted octanol–water partition coefficient (Wildman–Crippen LogP) is -5.93. The van der Waals surface area contributed by atoms with Crippen molar-refractivity contribution in [1.29, 1.82) is 0 Å². The van der Waals surface area contributed by atoms with E-state index in [0.717, 1.165) is 0 Å². The summed E-state index contributed by atoms with van der Waals surface area (Å²) in [6.45, 7) is -3.43. The summed E-state index contributed by atoms with van der Waals surface area (Å²) in [5.41, 5.74) is 0. The number of ether oxygens (including phenoxy) is 4. The SMILES string of the molecule is O=S(=O)(O)OCC1OC(CO)C(O)C1OC1OC(OC[O-])C(O)C(OS(=O)(=O)O)C1S(=O)(=O)OO. The summed E-state index contributed by atoms with van der Waals surface area (Å²) in [7, 11) is -16.0. The molecular weight excluding hydrogens is 560 g/mol. The highest BCUT2D eigenvalue weighted by atomic mass is 32.3. The van der Waals surface area contributed by atoms with Gasteiger partial charge < -0.3 is 39.4 Å². The molecule has 0 bridgehead atoms. The van der Waals surface area contributed by atoms with Crippen LogP contribution in [0.2, 0.25) is 0 Å². The molecule has 2 heterocycles. The van der Waals surface area contributed by atoms with Gasteiger partial charge >= 0.3 is 30.9 Å². The van der Waals surface area contributed by atoms with Gasteiger partial charge in [0.1, 0.15) is 36.6 Å². The maximum absolute atomic E-state index is 12.3. The molecule has 0 amide bonds. The standard InChI is InChI=1S/C12H21O20S3/c13-1-4-6(15)8(5(28-4)2-27-34(20,21)22)29-12-10(33(18,19)32-17)9(31-35(23,24)25)7(16)11(30-12)26-3-14/h4-13,15-17H,1-3H2,(H,20,21,22)(H,23,24,25)/q-1. The van der Waals surface area contributed by atoms with E-state index in [-0.39, 0.29) is 0 Å². The van der Waals surface area contributed by atoms with Crippen molar-refractivity contribution >= 4 is 30.9 Å². The highest BCUT2D eigenvalue weighted by Gasteiger charge is 2.58. The third-order valence-corrected chi connectivity index (χ3v) is 6.93. The second-order valence-corrected chi connectivity index (χ2v) is 10.7. The molecule has 0 spiro atoms. The summed E-state index contributed by atoms with van der Waals surface area (Å²) in [5.74, 6) is 0. The van der Waals surface area contributed by atoms with E-state index < -0.39 is 105 Å². The molecule has 20 nitrogen and oxygen atoms in total. The zero-order valence-corrected chi connectivity index (χ0v) is 19.4. The number of hydrogen-bond acceptors (Lipinski definition) is 18. The van der Waals surface area contributed by atoms with Crippen LogP contribution in [0.15, 0.2) is 0 Å². The first-order valence-corrected chi connectivity index (χ1v) is 13.2. The van der Waals surface area contributed by atoms with Crippen molar-refractivity contribution in [2.45, 2.75) is 54.5 Å². The predicted molar refractivity (Wildman–Crippen MR) is 97.6 cm³/mol. The van der Waals surface area contributed by atoms with Crippen LogP contribution < -0.4 is 5.11 Å². The highest BCUT2D eigenvalue weighted by molar-refractivity contribution is 7.87. The van der Waals surface area contributed by atoms with Gasteiger partial charge in [-0.05, 0) is 6.79 Å². The van der Waals surface area contributed by atoms with Crippen molar-refractivity contribution in [3.8, 4) is 0 Å². The summed E-state index contributed by atoms with van der Waals surface area (Å²) >= 11 is 0. The fourth-order valence-corrected chi connectivity index (χ4v) is 5.22. The van der Waals surface area contributed by atoms with Gasteiger partial charge in [-0.2, -0.15) is 25.3 Å². The van der Waals surface area contributed by atoms with E-state index >= 15 is 0 Å². The van der Waals surface area contributed by atoms with Crippen LogP contribution in [0.3, 0.4) is 0 Å². The second-order valence-electron chi connectivity index (χ2n) is 6.87. The average molecular weight is 581 g/mol. The van der Waals surface area contributed by atoms with E-state index in [0.29, 0.717) is 0 Å². The first-order valence-electron chi connectivity index (χ1n) is 9.02. The van der Waals surface area contributed by atoms with Crippen LogP contribution in [0.5, 0.6) is 0 Å². The number of hydrogen-bond donors (Lipinski definition) is 6. The quantitative estimate of drug-likeness (QED) is 0.0540. The minimum atomic E-state index is -5.53. The molecule has 2 aliphatic heterocycles. The van der Waals surface area contributed by atoms with Gasteiger partial charge in [-0.3, -0.25) is 9.11 Å². The molecular formula is C12H21O20S3-. The topological polar surface area (TPSA) is 311 Å². The number of rotatable bonds is 12. The molecule has 23 heteroatoms. The van der Waals surface area contributed by atoms with E-state index in [2.05, 4.69) is 17.4 Å². The summed E-state index contributed by atoms with van der Waals surface area (Å²) in [6.07, 6.45) is -16.7. The molecule has 35 heavy (non-hydrogen) atoms. The molecule has 208 valence electrons. The van der Waals surface area contributed by atoms with Crippen LogP contribution in [0.25, 0.3) is 0 Å². The van der Waals surface area contributed by atoms with Crippen LogP contribution in [0, 0.1) is 0 Å². The second kappa shape index (κ2) is 11.8. The maximum atomic E-state index is 12.3. The zero-order valence-electron chi connectivity index (χ0n) is 16.9. The van der Waals surface area contributed by atoms with Crippen LogP contribution in [-0.2, 0) is 62.6 Å². The molecule has 0 aromatic carbocycles. The molecule has 0 radical (unpaired) electrons. The smallest absolute Gasteiger partial charge is 0.397 e. The lowest BCUT2D eigenvalue weighted by molar-refractivity contribution is -0.464.